The number of fused-ring (bicyclic) bond motifs is 2. The largest absolute Gasteiger partial charge is 0.393 e. The number of aromatic nitrogens is 4. The Kier molecular flexibility index (Phi) is 5.20. The number of nitrogens with zero attached hydrogens (tertiary/aromatic N) is 5. The number of aliphatic hydroxyl groups is 1. The van der Waals surface area contributed by atoms with Gasteiger partial charge >= 0.3 is 0 Å². The van der Waals surface area contributed by atoms with Crippen LogP contribution in [0, 0.1) is 0 Å². The molecule has 2 N–H and O–H groups in total. The minimum absolute atomic E-state index is 0.00341. The molecule has 0 spiro atoms. The monoisotopic (exact) mass is 464 g/mol. The van der Waals surface area contributed by atoms with Gasteiger partial charge in [0.05, 0.1) is 41.3 Å². The molecule has 0 bridgehead atoms. The van der Waals surface area contributed by atoms with E-state index in [-0.39, 0.29) is 12.0 Å². The minimum atomic E-state index is -0.316. The van der Waals surface area contributed by atoms with Crippen molar-refractivity contribution in [3.8, 4) is 11.4 Å². The Balaban J connectivity index is 1.46. The molecule has 33 heavy (non-hydrogen) atoms. The van der Waals surface area contributed by atoms with Crippen LogP contribution in [-0.4, -0.2) is 81.6 Å². The Morgan fingerprint density at radius 2 is 1.94 bits per heavy atom. The number of thiophene rings is 1. The average Bonchev–Trinajstić information content (AvgIpc) is 3.51. The third-order valence-electron chi connectivity index (χ3n) is 6.37. The van der Waals surface area contributed by atoms with Crippen molar-refractivity contribution >= 4 is 44.2 Å². The number of hydrogen-bond acceptors (Lipinski definition) is 8. The topological polar surface area (TPSA) is 107 Å². The number of morpholine rings is 1. The van der Waals surface area contributed by atoms with Crippen LogP contribution in [-0.2, 0) is 4.74 Å². The van der Waals surface area contributed by atoms with Crippen LogP contribution < -0.4 is 4.90 Å². The van der Waals surface area contributed by atoms with E-state index < -0.39 is 0 Å². The lowest BCUT2D eigenvalue weighted by molar-refractivity contribution is 0.0550. The van der Waals surface area contributed by atoms with Gasteiger partial charge in [0, 0.05) is 37.1 Å². The lowest BCUT2D eigenvalue weighted by atomic mass is 10.1. The number of carbonyl (C=O) groups is 1. The molecule has 10 heteroatoms. The second-order valence-electron chi connectivity index (χ2n) is 8.46. The van der Waals surface area contributed by atoms with Gasteiger partial charge < -0.3 is 19.6 Å². The Morgan fingerprint density at radius 3 is 2.76 bits per heavy atom. The summed E-state index contributed by atoms with van der Waals surface area (Å²) in [6, 6.07) is 7.87. The Morgan fingerprint density at radius 1 is 1.12 bits per heavy atom. The van der Waals surface area contributed by atoms with E-state index in [1.54, 1.807) is 6.20 Å². The minimum Gasteiger partial charge on any atom is -0.393 e. The van der Waals surface area contributed by atoms with Gasteiger partial charge in [-0.1, -0.05) is 12.1 Å². The van der Waals surface area contributed by atoms with Crippen LogP contribution in [0.3, 0.4) is 0 Å². The number of nitrogens with one attached hydrogen (secondary N) is 1. The number of anilines is 1. The molecule has 0 radical (unpaired) electrons. The second kappa shape index (κ2) is 8.36. The molecule has 4 aromatic rings. The highest BCUT2D eigenvalue weighted by atomic mass is 32.1. The summed E-state index contributed by atoms with van der Waals surface area (Å²) in [4.78, 5) is 28.6. The third kappa shape index (κ3) is 3.73. The summed E-state index contributed by atoms with van der Waals surface area (Å²) in [6.07, 6.45) is 2.71. The van der Waals surface area contributed by atoms with Crippen LogP contribution in [0.1, 0.15) is 22.5 Å². The van der Waals surface area contributed by atoms with E-state index in [1.165, 1.54) is 11.3 Å². The van der Waals surface area contributed by atoms with Gasteiger partial charge in [-0.15, -0.1) is 11.3 Å². The molecule has 2 aliphatic heterocycles. The summed E-state index contributed by atoms with van der Waals surface area (Å²) in [5, 5.41) is 18.8. The average molecular weight is 465 g/mol. The Labute approximate surface area is 194 Å². The van der Waals surface area contributed by atoms with Crippen LogP contribution >= 0.6 is 11.3 Å². The fraction of sp³-hybridized carbons (Fsp3) is 0.391. The first kappa shape index (κ1) is 20.5. The summed E-state index contributed by atoms with van der Waals surface area (Å²) in [5.74, 6) is 1.46. The second-order valence-corrected chi connectivity index (χ2v) is 9.49. The number of aromatic amines is 1. The van der Waals surface area contributed by atoms with E-state index in [4.69, 9.17) is 14.7 Å². The van der Waals surface area contributed by atoms with Gasteiger partial charge in [-0.05, 0) is 25.0 Å². The summed E-state index contributed by atoms with van der Waals surface area (Å²) in [5.41, 5.74) is 1.84. The van der Waals surface area contributed by atoms with Gasteiger partial charge in [-0.2, -0.15) is 5.10 Å². The van der Waals surface area contributed by atoms with Crippen molar-refractivity contribution in [2.24, 2.45) is 0 Å². The summed E-state index contributed by atoms with van der Waals surface area (Å²) in [6.45, 7) is 3.91. The number of amides is 1. The zero-order valence-electron chi connectivity index (χ0n) is 18.0. The van der Waals surface area contributed by atoms with Crippen molar-refractivity contribution < 1.29 is 14.6 Å². The Hall–Kier alpha value is -3.08. The first-order chi connectivity index (χ1) is 16.2. The number of hydrogen-bond donors (Lipinski definition) is 2. The van der Waals surface area contributed by atoms with E-state index in [1.807, 2.05) is 29.2 Å². The highest BCUT2D eigenvalue weighted by Crippen LogP contribution is 2.36. The van der Waals surface area contributed by atoms with Crippen molar-refractivity contribution in [3.05, 3.63) is 35.3 Å². The highest BCUT2D eigenvalue weighted by Gasteiger charge is 2.26. The summed E-state index contributed by atoms with van der Waals surface area (Å²) in [7, 11) is 0. The molecule has 1 aromatic carbocycles. The lowest BCUT2D eigenvalue weighted by Gasteiger charge is -2.29. The van der Waals surface area contributed by atoms with Gasteiger partial charge in [-0.25, -0.2) is 9.97 Å². The molecule has 6 rings (SSSR count). The molecule has 170 valence electrons. The number of aliphatic hydroxyl groups excluding tert-OH is 1. The molecular weight excluding hydrogens is 440 g/mol. The van der Waals surface area contributed by atoms with Gasteiger partial charge in [-0.3, -0.25) is 9.89 Å². The summed E-state index contributed by atoms with van der Waals surface area (Å²) >= 11 is 1.41. The standard InChI is InChI=1S/C23H24N6O3S/c30-14-4-6-29(7-5-14)23(31)19-12-16-21(28-8-10-32-11-9-28)25-20(26-22(16)33-19)15-2-1-3-18-17(15)13-24-27-18/h1-3,12-14,30H,4-11H2,(H,24,27). The maximum absolute atomic E-state index is 13.2. The molecule has 0 saturated carbocycles. The van der Waals surface area contributed by atoms with Crippen molar-refractivity contribution in [1.82, 2.24) is 25.1 Å². The zero-order valence-corrected chi connectivity index (χ0v) is 18.8. The van der Waals surface area contributed by atoms with Crippen LogP contribution in [0.25, 0.3) is 32.5 Å². The van der Waals surface area contributed by atoms with Crippen molar-refractivity contribution in [1.29, 1.82) is 0 Å². The Bertz CT molecular complexity index is 1320. The number of likely N-dealkylation sites (tertiary alicyclic amines) is 1. The van der Waals surface area contributed by atoms with E-state index in [9.17, 15) is 9.90 Å². The molecule has 0 aliphatic carbocycles. The zero-order chi connectivity index (χ0) is 22.4. The predicted octanol–water partition coefficient (Wildman–Crippen LogP) is 2.67. The number of carbonyl (C=O) groups excluding carboxylic acids is 1. The van der Waals surface area contributed by atoms with Gasteiger partial charge in [0.15, 0.2) is 5.82 Å². The quantitative estimate of drug-likeness (QED) is 0.480. The number of piperidine rings is 1. The molecule has 0 unspecified atom stereocenters. The number of H-pyrrole nitrogens is 1. The van der Waals surface area contributed by atoms with Crippen molar-refractivity contribution in [3.63, 3.8) is 0 Å². The first-order valence-corrected chi connectivity index (χ1v) is 12.0. The maximum Gasteiger partial charge on any atom is 0.264 e. The smallest absolute Gasteiger partial charge is 0.264 e. The molecule has 2 fully saturated rings. The van der Waals surface area contributed by atoms with E-state index in [2.05, 4.69) is 15.1 Å². The van der Waals surface area contributed by atoms with E-state index in [0.717, 1.165) is 45.6 Å². The van der Waals surface area contributed by atoms with Gasteiger partial charge in [0.25, 0.3) is 5.91 Å². The SMILES string of the molecule is O=C(c1cc2c(N3CCOCC3)nc(-c3cccc4[nH]ncc34)nc2s1)N1CCC(O)CC1. The summed E-state index contributed by atoms with van der Waals surface area (Å²) < 4.78 is 5.55. The number of rotatable bonds is 3. The molecule has 5 heterocycles. The van der Waals surface area contributed by atoms with Crippen LogP contribution in [0.15, 0.2) is 30.5 Å². The molecule has 9 nitrogen and oxygen atoms in total. The molecular formula is C23H24N6O3S. The van der Waals surface area contributed by atoms with Crippen LogP contribution in [0.2, 0.25) is 0 Å². The van der Waals surface area contributed by atoms with Gasteiger partial charge in [0.2, 0.25) is 0 Å². The number of benzene rings is 1. The van der Waals surface area contributed by atoms with Crippen molar-refractivity contribution in [2.75, 3.05) is 44.3 Å². The fourth-order valence-electron chi connectivity index (χ4n) is 4.54. The van der Waals surface area contributed by atoms with Gasteiger partial charge in [0.1, 0.15) is 10.6 Å². The van der Waals surface area contributed by atoms with Crippen LogP contribution in [0.5, 0.6) is 0 Å². The molecule has 3 aromatic heterocycles. The first-order valence-electron chi connectivity index (χ1n) is 11.2. The molecule has 0 atom stereocenters. The highest BCUT2D eigenvalue weighted by molar-refractivity contribution is 7.20. The third-order valence-corrected chi connectivity index (χ3v) is 7.39. The van der Waals surface area contributed by atoms with E-state index >= 15 is 0 Å². The van der Waals surface area contributed by atoms with Crippen molar-refractivity contribution in [2.45, 2.75) is 18.9 Å². The van der Waals surface area contributed by atoms with Crippen LogP contribution in [0.4, 0.5) is 5.82 Å². The molecule has 1 amide bonds. The molecule has 2 aliphatic rings. The predicted molar refractivity (Wildman–Crippen MR) is 127 cm³/mol. The van der Waals surface area contributed by atoms with E-state index in [0.29, 0.717) is 49.8 Å². The molecule has 2 saturated heterocycles. The fourth-order valence-corrected chi connectivity index (χ4v) is 5.53. The lowest BCUT2D eigenvalue weighted by Crippen LogP contribution is -2.39. The maximum atomic E-state index is 13.2. The normalized spacial score (nSPS) is 17.8. The number of ether oxygens (including phenoxy) is 1.